The van der Waals surface area contributed by atoms with Crippen molar-refractivity contribution in [2.24, 2.45) is 0 Å². The molecule has 20 heavy (non-hydrogen) atoms. The molecule has 0 saturated heterocycles. The van der Waals surface area contributed by atoms with Crippen LogP contribution < -0.4 is 5.01 Å². The van der Waals surface area contributed by atoms with Crippen LogP contribution in [0.5, 0.6) is 0 Å². The van der Waals surface area contributed by atoms with Crippen molar-refractivity contribution in [3.8, 4) is 0 Å². The van der Waals surface area contributed by atoms with Gasteiger partial charge < -0.3 is 0 Å². The van der Waals surface area contributed by atoms with Crippen molar-refractivity contribution in [1.82, 2.24) is 0 Å². The smallest absolute Gasteiger partial charge is 0.258 e. The lowest BCUT2D eigenvalue weighted by Gasteiger charge is -2.15. The number of hydrazine groups is 1. The average molecular weight is 284 g/mol. The highest BCUT2D eigenvalue weighted by atomic mass is 16.7. The van der Waals surface area contributed by atoms with Crippen molar-refractivity contribution in [3.63, 3.8) is 0 Å². The Labute approximate surface area is 113 Å². The molecule has 0 aliphatic rings. The molecular weight excluding hydrogens is 272 g/mol. The van der Waals surface area contributed by atoms with Crippen molar-refractivity contribution < 1.29 is 14.9 Å². The second kappa shape index (κ2) is 5.07. The fourth-order valence-electron chi connectivity index (χ4n) is 2.08. The van der Waals surface area contributed by atoms with E-state index in [1.54, 1.807) is 0 Å². The predicted molar refractivity (Wildman–Crippen MR) is 69.4 cm³/mol. The molecule has 0 heterocycles. The summed E-state index contributed by atoms with van der Waals surface area (Å²) in [6, 6.07) is 0. The second-order valence-electron chi connectivity index (χ2n) is 4.20. The minimum atomic E-state index is -0.843. The van der Waals surface area contributed by atoms with E-state index in [0.29, 0.717) is 5.01 Å². The summed E-state index contributed by atoms with van der Waals surface area (Å²) in [6.07, 6.45) is 0. The summed E-state index contributed by atoms with van der Waals surface area (Å²) in [4.78, 5) is 31.4. The molecule has 0 aliphatic heterocycles. The summed E-state index contributed by atoms with van der Waals surface area (Å²) in [5, 5.41) is 32.7. The number of anilines is 1. The minimum Gasteiger partial charge on any atom is -0.258 e. The number of hydrogen-bond acceptors (Lipinski definition) is 6. The van der Waals surface area contributed by atoms with Crippen LogP contribution in [-0.4, -0.2) is 21.9 Å². The number of nitro groups is 3. The quantitative estimate of drug-likeness (QED) is 0.610. The van der Waals surface area contributed by atoms with Crippen LogP contribution in [-0.2, 0) is 0 Å². The molecule has 108 valence electrons. The molecule has 0 aromatic heterocycles. The van der Waals surface area contributed by atoms with E-state index in [0.717, 1.165) is 7.05 Å². The first-order valence-electron chi connectivity index (χ1n) is 5.41. The first kappa shape index (κ1) is 15.3. The van der Waals surface area contributed by atoms with Gasteiger partial charge in [0.15, 0.2) is 10.7 Å². The number of hydrogen-bond donors (Lipinski definition) is 0. The lowest BCUT2D eigenvalue weighted by atomic mass is 9.99. The Bertz CT molecular complexity index is 627. The summed E-state index contributed by atoms with van der Waals surface area (Å²) in [7, 11) is 1.06. The van der Waals surface area contributed by atoms with E-state index in [1.165, 1.54) is 20.8 Å². The van der Waals surface area contributed by atoms with Crippen molar-refractivity contribution in [3.05, 3.63) is 47.0 Å². The molecule has 0 amide bonds. The average Bonchev–Trinajstić information content (AvgIpc) is 2.31. The molecule has 0 N–H and O–H groups in total. The van der Waals surface area contributed by atoms with Gasteiger partial charge in [-0.15, -0.1) is 0 Å². The molecule has 0 atom stereocenters. The summed E-state index contributed by atoms with van der Waals surface area (Å²) >= 11 is 0. The van der Waals surface area contributed by atoms with Gasteiger partial charge in [0.2, 0.25) is 0 Å². The zero-order valence-electron chi connectivity index (χ0n) is 11.2. The van der Waals surface area contributed by atoms with E-state index in [4.69, 9.17) is 0 Å². The summed E-state index contributed by atoms with van der Waals surface area (Å²) in [6.45, 7) is 3.99. The molecule has 1 aromatic rings. The Kier molecular flexibility index (Phi) is 3.87. The number of benzene rings is 1. The molecule has 0 fully saturated rings. The second-order valence-corrected chi connectivity index (χ2v) is 4.20. The monoisotopic (exact) mass is 284 g/mol. The lowest BCUT2D eigenvalue weighted by Crippen LogP contribution is -2.27. The Hall–Kier alpha value is -2.78. The normalized spacial score (nSPS) is 10.2. The third-order valence-corrected chi connectivity index (χ3v) is 3.14. The Morgan fingerprint density at radius 1 is 0.800 bits per heavy atom. The van der Waals surface area contributed by atoms with E-state index < -0.39 is 26.3 Å². The fourth-order valence-corrected chi connectivity index (χ4v) is 2.08. The first-order valence-corrected chi connectivity index (χ1v) is 5.41. The fraction of sp³-hybridized carbons (Fsp3) is 0.400. The van der Waals surface area contributed by atoms with Crippen LogP contribution in [0.3, 0.4) is 0 Å². The van der Waals surface area contributed by atoms with Crippen LogP contribution in [0.2, 0.25) is 0 Å². The maximum atomic E-state index is 11.1. The zero-order valence-corrected chi connectivity index (χ0v) is 11.2. The van der Waals surface area contributed by atoms with Crippen molar-refractivity contribution >= 4 is 17.1 Å². The number of nitro benzene ring substituents is 2. The van der Waals surface area contributed by atoms with Crippen LogP contribution in [0, 0.1) is 51.1 Å². The van der Waals surface area contributed by atoms with E-state index in [9.17, 15) is 30.3 Å². The summed E-state index contributed by atoms with van der Waals surface area (Å²) in [5.41, 5.74) is -1.17. The first-order chi connectivity index (χ1) is 9.11. The molecule has 0 aliphatic carbocycles. The van der Waals surface area contributed by atoms with Gasteiger partial charge in [-0.25, -0.2) is 10.1 Å². The van der Waals surface area contributed by atoms with Crippen LogP contribution in [0.1, 0.15) is 16.7 Å². The molecule has 0 spiro atoms. The van der Waals surface area contributed by atoms with Gasteiger partial charge in [-0.1, -0.05) is 5.01 Å². The van der Waals surface area contributed by atoms with Gasteiger partial charge in [0.25, 0.3) is 5.69 Å². The van der Waals surface area contributed by atoms with Crippen molar-refractivity contribution in [1.29, 1.82) is 0 Å². The standard InChI is InChI=1S/C10H12N4O6/c1-5-6(2)9(11(4)14(19)20)10(13(17)18)7(3)8(5)12(15)16/h1-4H3. The van der Waals surface area contributed by atoms with Gasteiger partial charge in [0.1, 0.15) is 5.56 Å². The summed E-state index contributed by atoms with van der Waals surface area (Å²) in [5.74, 6) is 0. The number of nitrogens with zero attached hydrogens (tertiary/aromatic N) is 4. The molecular formula is C10H12N4O6. The summed E-state index contributed by atoms with van der Waals surface area (Å²) < 4.78 is 0. The predicted octanol–water partition coefficient (Wildman–Crippen LogP) is 2.06. The SMILES string of the molecule is Cc1c(C)c([N+](=O)[O-])c(C)c([N+](=O)[O-])c1N(C)[N+](=O)[O-]. The van der Waals surface area contributed by atoms with Gasteiger partial charge >= 0.3 is 5.69 Å². The molecule has 0 saturated carbocycles. The Morgan fingerprint density at radius 3 is 1.60 bits per heavy atom. The maximum absolute atomic E-state index is 11.1. The molecule has 0 bridgehead atoms. The highest BCUT2D eigenvalue weighted by Crippen LogP contribution is 2.42. The van der Waals surface area contributed by atoms with Crippen molar-refractivity contribution in [2.75, 3.05) is 12.1 Å². The van der Waals surface area contributed by atoms with Gasteiger partial charge in [-0.2, -0.15) is 0 Å². The van der Waals surface area contributed by atoms with Crippen molar-refractivity contribution in [2.45, 2.75) is 20.8 Å². The van der Waals surface area contributed by atoms with Crippen LogP contribution >= 0.6 is 0 Å². The highest BCUT2D eigenvalue weighted by Gasteiger charge is 2.35. The molecule has 0 unspecified atom stereocenters. The topological polar surface area (TPSA) is 133 Å². The van der Waals surface area contributed by atoms with Crippen LogP contribution in [0.25, 0.3) is 0 Å². The number of rotatable bonds is 4. The van der Waals surface area contributed by atoms with Gasteiger partial charge in [0.05, 0.1) is 16.9 Å². The third-order valence-electron chi connectivity index (χ3n) is 3.14. The van der Waals surface area contributed by atoms with Crippen LogP contribution in [0.4, 0.5) is 17.1 Å². The zero-order chi connectivity index (χ0) is 15.8. The molecule has 0 radical (unpaired) electrons. The van der Waals surface area contributed by atoms with Crippen LogP contribution in [0.15, 0.2) is 0 Å². The van der Waals surface area contributed by atoms with Gasteiger partial charge in [0, 0.05) is 5.56 Å². The van der Waals surface area contributed by atoms with E-state index in [-0.39, 0.29) is 22.4 Å². The van der Waals surface area contributed by atoms with E-state index >= 15 is 0 Å². The van der Waals surface area contributed by atoms with E-state index in [2.05, 4.69) is 0 Å². The Morgan fingerprint density at radius 2 is 1.25 bits per heavy atom. The molecule has 1 rings (SSSR count). The van der Waals surface area contributed by atoms with Gasteiger partial charge in [-0.05, 0) is 26.3 Å². The third kappa shape index (κ3) is 2.22. The Balaban J connectivity index is 3.90. The largest absolute Gasteiger partial charge is 0.308 e. The van der Waals surface area contributed by atoms with E-state index in [1.807, 2.05) is 0 Å². The minimum absolute atomic E-state index is 0.133. The van der Waals surface area contributed by atoms with Gasteiger partial charge in [-0.3, -0.25) is 20.2 Å². The maximum Gasteiger partial charge on any atom is 0.308 e. The molecule has 10 nitrogen and oxygen atoms in total. The lowest BCUT2D eigenvalue weighted by molar-refractivity contribution is -0.491. The molecule has 1 aromatic carbocycles. The molecule has 10 heteroatoms. The highest BCUT2D eigenvalue weighted by molar-refractivity contribution is 5.77.